The van der Waals surface area contributed by atoms with E-state index in [1.54, 1.807) is 13.3 Å². The molecule has 1 heterocycles. The maximum atomic E-state index is 12.3. The number of ether oxygens (including phenoxy) is 1. The van der Waals surface area contributed by atoms with E-state index in [0.717, 1.165) is 31.5 Å². The highest BCUT2D eigenvalue weighted by atomic mass is 79.9. The lowest BCUT2D eigenvalue weighted by atomic mass is 10.2. The number of anilines is 1. The van der Waals surface area contributed by atoms with Crippen molar-refractivity contribution in [1.29, 1.82) is 0 Å². The smallest absolute Gasteiger partial charge is 0.283 e. The molecule has 6 nitrogen and oxygen atoms in total. The van der Waals surface area contributed by atoms with Crippen molar-refractivity contribution in [1.82, 2.24) is 14.7 Å². The van der Waals surface area contributed by atoms with Crippen LogP contribution in [0.1, 0.15) is 19.3 Å². The van der Waals surface area contributed by atoms with Gasteiger partial charge in [0.1, 0.15) is 4.47 Å². The molecule has 1 aromatic rings. The summed E-state index contributed by atoms with van der Waals surface area (Å²) in [5.41, 5.74) is 0.642. The molecular weight excluding hydrogens is 336 g/mol. The average Bonchev–Trinajstić information content (AvgIpc) is 2.90. The molecule has 2 unspecified atom stereocenters. The van der Waals surface area contributed by atoms with Crippen molar-refractivity contribution in [3.05, 3.63) is 21.0 Å². The molecule has 1 aromatic heterocycles. The Morgan fingerprint density at radius 3 is 2.95 bits per heavy atom. The van der Waals surface area contributed by atoms with Gasteiger partial charge in [-0.25, -0.2) is 4.68 Å². The molecule has 1 N–H and O–H groups in total. The van der Waals surface area contributed by atoms with Gasteiger partial charge in [0.2, 0.25) is 0 Å². The van der Waals surface area contributed by atoms with E-state index >= 15 is 0 Å². The number of methoxy groups -OCH3 is 1. The predicted molar refractivity (Wildman–Crippen MR) is 86.8 cm³/mol. The van der Waals surface area contributed by atoms with E-state index in [-0.39, 0.29) is 17.7 Å². The lowest BCUT2D eigenvalue weighted by Crippen LogP contribution is -2.33. The molecule has 21 heavy (non-hydrogen) atoms. The molecule has 0 spiro atoms. The molecule has 2 atom stereocenters. The van der Waals surface area contributed by atoms with Gasteiger partial charge in [-0.15, -0.1) is 0 Å². The Kier molecular flexibility index (Phi) is 5.78. The standard InChI is InChI=1S/C14H23BrN4O2/c1-18(2)7-8-19-14(20)13(15)11(9-16-19)17-10-5-4-6-12(10)21-3/h9-10,12,17H,4-8H2,1-3H3. The number of rotatable bonds is 6. The summed E-state index contributed by atoms with van der Waals surface area (Å²) < 4.78 is 7.49. The molecule has 118 valence electrons. The molecule has 0 aromatic carbocycles. The second-order valence-corrected chi connectivity index (χ2v) is 6.45. The first-order valence-electron chi connectivity index (χ1n) is 7.22. The molecule has 1 aliphatic rings. The van der Waals surface area contributed by atoms with Gasteiger partial charge >= 0.3 is 0 Å². The maximum absolute atomic E-state index is 12.3. The second-order valence-electron chi connectivity index (χ2n) is 5.66. The third kappa shape index (κ3) is 4.05. The summed E-state index contributed by atoms with van der Waals surface area (Å²) in [6, 6.07) is 0.241. The number of aromatic nitrogens is 2. The Morgan fingerprint density at radius 1 is 1.52 bits per heavy atom. The fraction of sp³-hybridized carbons (Fsp3) is 0.714. The molecule has 0 saturated heterocycles. The summed E-state index contributed by atoms with van der Waals surface area (Å²) in [7, 11) is 5.68. The Balaban J connectivity index is 2.11. The van der Waals surface area contributed by atoms with Crippen LogP contribution in [0, 0.1) is 0 Å². The third-order valence-corrected chi connectivity index (χ3v) is 4.61. The van der Waals surface area contributed by atoms with Crippen molar-refractivity contribution in [2.45, 2.75) is 38.0 Å². The number of nitrogens with zero attached hydrogens (tertiary/aromatic N) is 3. The van der Waals surface area contributed by atoms with Crippen molar-refractivity contribution in [3.8, 4) is 0 Å². The van der Waals surface area contributed by atoms with Gasteiger partial charge < -0.3 is 15.0 Å². The van der Waals surface area contributed by atoms with Gasteiger partial charge in [0, 0.05) is 13.7 Å². The summed E-state index contributed by atoms with van der Waals surface area (Å²) in [5, 5.41) is 7.63. The lowest BCUT2D eigenvalue weighted by molar-refractivity contribution is 0.101. The van der Waals surface area contributed by atoms with Crippen molar-refractivity contribution in [2.75, 3.05) is 33.1 Å². The topological polar surface area (TPSA) is 59.4 Å². The highest BCUT2D eigenvalue weighted by Gasteiger charge is 2.27. The van der Waals surface area contributed by atoms with Crippen molar-refractivity contribution >= 4 is 21.6 Å². The number of nitrogens with one attached hydrogen (secondary N) is 1. The summed E-state index contributed by atoms with van der Waals surface area (Å²) in [4.78, 5) is 14.3. The number of hydrogen-bond donors (Lipinski definition) is 1. The molecule has 1 saturated carbocycles. The minimum absolute atomic E-state index is 0.103. The molecule has 1 fully saturated rings. The van der Waals surface area contributed by atoms with Gasteiger partial charge in [-0.1, -0.05) is 0 Å². The van der Waals surface area contributed by atoms with E-state index in [4.69, 9.17) is 4.74 Å². The maximum Gasteiger partial charge on any atom is 0.283 e. The Bertz CT molecular complexity index is 532. The molecule has 0 bridgehead atoms. The fourth-order valence-electron chi connectivity index (χ4n) is 2.59. The van der Waals surface area contributed by atoms with Crippen LogP contribution in [0.25, 0.3) is 0 Å². The first-order valence-corrected chi connectivity index (χ1v) is 8.02. The molecule has 7 heteroatoms. The first-order chi connectivity index (χ1) is 10.0. The summed E-state index contributed by atoms with van der Waals surface area (Å²) in [5.74, 6) is 0. The van der Waals surface area contributed by atoms with Crippen LogP contribution in [-0.2, 0) is 11.3 Å². The van der Waals surface area contributed by atoms with E-state index in [2.05, 4.69) is 26.3 Å². The summed E-state index contributed by atoms with van der Waals surface area (Å²) >= 11 is 3.40. The van der Waals surface area contributed by atoms with Gasteiger partial charge in [-0.2, -0.15) is 5.10 Å². The zero-order chi connectivity index (χ0) is 15.4. The van der Waals surface area contributed by atoms with E-state index in [0.29, 0.717) is 11.0 Å². The fourth-order valence-corrected chi connectivity index (χ4v) is 3.01. The Hall–Kier alpha value is -0.920. The average molecular weight is 359 g/mol. The van der Waals surface area contributed by atoms with E-state index < -0.39 is 0 Å². The normalized spacial score (nSPS) is 22.0. The largest absolute Gasteiger partial charge is 0.379 e. The zero-order valence-electron chi connectivity index (χ0n) is 12.8. The Labute approximate surface area is 133 Å². The first kappa shape index (κ1) is 16.5. The van der Waals surface area contributed by atoms with E-state index in [1.165, 1.54) is 4.68 Å². The molecular formula is C14H23BrN4O2. The van der Waals surface area contributed by atoms with Crippen molar-refractivity contribution in [3.63, 3.8) is 0 Å². The Morgan fingerprint density at radius 2 is 2.29 bits per heavy atom. The monoisotopic (exact) mass is 358 g/mol. The van der Waals surface area contributed by atoms with Gasteiger partial charge in [-0.05, 0) is 49.3 Å². The van der Waals surface area contributed by atoms with Gasteiger partial charge in [0.15, 0.2) is 0 Å². The van der Waals surface area contributed by atoms with Crippen LogP contribution in [-0.4, -0.2) is 54.6 Å². The van der Waals surface area contributed by atoms with E-state index in [1.807, 2.05) is 19.0 Å². The number of halogens is 1. The van der Waals surface area contributed by atoms with Crippen LogP contribution < -0.4 is 10.9 Å². The number of hydrogen-bond acceptors (Lipinski definition) is 5. The zero-order valence-corrected chi connectivity index (χ0v) is 14.4. The highest BCUT2D eigenvalue weighted by molar-refractivity contribution is 9.10. The van der Waals surface area contributed by atoms with Gasteiger partial charge in [0.25, 0.3) is 5.56 Å². The van der Waals surface area contributed by atoms with Gasteiger partial charge in [0.05, 0.1) is 30.6 Å². The molecule has 1 aliphatic carbocycles. The molecule has 0 radical (unpaired) electrons. The van der Waals surface area contributed by atoms with Crippen LogP contribution in [0.15, 0.2) is 15.5 Å². The molecule has 0 amide bonds. The second kappa shape index (κ2) is 7.38. The minimum Gasteiger partial charge on any atom is -0.379 e. The summed E-state index contributed by atoms with van der Waals surface area (Å²) in [6.45, 7) is 1.36. The third-order valence-electron chi connectivity index (χ3n) is 3.84. The quantitative estimate of drug-likeness (QED) is 0.835. The van der Waals surface area contributed by atoms with Crippen LogP contribution >= 0.6 is 15.9 Å². The van der Waals surface area contributed by atoms with Crippen molar-refractivity contribution < 1.29 is 4.74 Å². The van der Waals surface area contributed by atoms with Crippen LogP contribution in [0.4, 0.5) is 5.69 Å². The summed E-state index contributed by atoms with van der Waals surface area (Å²) in [6.07, 6.45) is 5.16. The number of likely N-dealkylation sites (N-methyl/N-ethyl adjacent to an activating group) is 1. The molecule has 0 aliphatic heterocycles. The highest BCUT2D eigenvalue weighted by Crippen LogP contribution is 2.26. The van der Waals surface area contributed by atoms with Crippen molar-refractivity contribution in [2.24, 2.45) is 0 Å². The van der Waals surface area contributed by atoms with Gasteiger partial charge in [-0.3, -0.25) is 4.79 Å². The van der Waals surface area contributed by atoms with Crippen LogP contribution in [0.3, 0.4) is 0 Å². The van der Waals surface area contributed by atoms with E-state index in [9.17, 15) is 4.79 Å². The van der Waals surface area contributed by atoms with Crippen LogP contribution in [0.5, 0.6) is 0 Å². The van der Waals surface area contributed by atoms with Crippen LogP contribution in [0.2, 0.25) is 0 Å². The molecule has 2 rings (SSSR count). The minimum atomic E-state index is -0.103. The SMILES string of the molecule is COC1CCCC1Nc1cnn(CCN(C)C)c(=O)c1Br. The predicted octanol–water partition coefficient (Wildman–Crippen LogP) is 1.55. The lowest BCUT2D eigenvalue weighted by Gasteiger charge is -2.21.